The number of amides is 1. The Hall–Kier alpha value is 0.0397. The van der Waals surface area contributed by atoms with Crippen LogP contribution in [0.15, 0.2) is 0 Å². The first-order valence-corrected chi connectivity index (χ1v) is 7.07. The van der Waals surface area contributed by atoms with Crippen LogP contribution in [0.5, 0.6) is 0 Å². The minimum absolute atomic E-state index is 0. The van der Waals surface area contributed by atoms with Gasteiger partial charge in [-0.3, -0.25) is 9.59 Å². The first kappa shape index (κ1) is 27.9. The van der Waals surface area contributed by atoms with Gasteiger partial charge in [-0.15, -0.1) is 0 Å². The predicted octanol–water partition coefficient (Wildman–Crippen LogP) is -1.51. The zero-order valence-electron chi connectivity index (χ0n) is 16.9. The van der Waals surface area contributed by atoms with Gasteiger partial charge in [-0.2, -0.15) is 0 Å². The van der Waals surface area contributed by atoms with Gasteiger partial charge in [0.2, 0.25) is 5.91 Å². The number of hydrogen-bond acceptors (Lipinski definition) is 5. The molecule has 9 heteroatoms. The van der Waals surface area contributed by atoms with E-state index in [4.69, 9.17) is 15.3 Å². The molecule has 0 radical (unpaired) electrons. The fourth-order valence-electron chi connectivity index (χ4n) is 1.13. The number of nitrogens with one attached hydrogen (secondary N) is 1. The smallest absolute Gasteiger partial charge is 1.00 e. The monoisotopic (exact) mass is 365 g/mol. The molecule has 1 atom stereocenters. The Morgan fingerprint density at radius 1 is 1.22 bits per heavy atom. The van der Waals surface area contributed by atoms with Gasteiger partial charge in [0.25, 0.3) is 0 Å². The summed E-state index contributed by atoms with van der Waals surface area (Å²) < 4.78 is 0.844. The van der Waals surface area contributed by atoms with Crippen molar-refractivity contribution in [2.75, 3.05) is 47.4 Å². The third-order valence-electron chi connectivity index (χ3n) is 2.81. The van der Waals surface area contributed by atoms with Gasteiger partial charge in [-0.25, -0.2) is 0 Å². The van der Waals surface area contributed by atoms with Gasteiger partial charge in [0.05, 0.1) is 40.8 Å². The second-order valence-electron chi connectivity index (χ2n) is 6.72. The van der Waals surface area contributed by atoms with E-state index in [-0.39, 0.29) is 66.8 Å². The van der Waals surface area contributed by atoms with Crippen LogP contribution in [0.1, 0.15) is 23.1 Å². The summed E-state index contributed by atoms with van der Waals surface area (Å²) in [5, 5.41) is 37.4. The summed E-state index contributed by atoms with van der Waals surface area (Å²) in [6, 6.07) is 0. The molecule has 0 heterocycles. The molecule has 0 fully saturated rings. The molecule has 0 aliphatic carbocycles. The van der Waals surface area contributed by atoms with Crippen LogP contribution in [0.25, 0.3) is 0 Å². The Morgan fingerprint density at radius 2 is 1.70 bits per heavy atom. The Balaban J connectivity index is -0.000000116. The molecule has 0 bridgehead atoms. The molecule has 8 nitrogen and oxygen atoms in total. The maximum Gasteiger partial charge on any atom is 2.00 e. The number of aliphatic hydroxyl groups excluding tert-OH is 3. The van der Waals surface area contributed by atoms with E-state index in [1.807, 2.05) is 0 Å². The molecule has 5 N–H and O–H groups in total. The van der Waals surface area contributed by atoms with Crippen molar-refractivity contribution < 1.29 is 37.4 Å². The summed E-state index contributed by atoms with van der Waals surface area (Å²) in [4.78, 5) is 21.4. The first-order valence-electron chi connectivity index (χ1n) is 7.07. The number of carboxylic acids is 1. The van der Waals surface area contributed by atoms with Crippen molar-refractivity contribution in [3.63, 3.8) is 0 Å². The van der Waals surface area contributed by atoms with Crippen molar-refractivity contribution in [1.82, 2.24) is 5.32 Å². The third kappa shape index (κ3) is 16.7. The number of carboxylic acid groups (broad SMARTS) is 1. The molecule has 0 rings (SSSR count). The van der Waals surface area contributed by atoms with E-state index in [0.717, 1.165) is 11.0 Å². The van der Waals surface area contributed by atoms with Crippen molar-refractivity contribution in [3.05, 3.63) is 0 Å². The molecule has 0 aromatic rings. The number of nitrogens with zero attached hydrogens (tertiary/aromatic N) is 1. The standard InChI is InChI=1S/C9H17NO5.C5H14NO.Ca.2H/c1-9(2,5-11)7(14)8(15)10-4-3-6(12)13;1-6(2,3)4-5-7;;;/h7,11,14H,3-5H2,1-2H3,(H,10,15)(H,12,13);7H,4-5H2,1-3H3;;;/q;+1;+2;2*-1/t7-;;;;/m0..../s1. The number of aliphatic carboxylic acids is 1. The Kier molecular flexibility index (Phi) is 16.2. The second kappa shape index (κ2) is 13.3. The van der Waals surface area contributed by atoms with E-state index in [2.05, 4.69) is 26.5 Å². The minimum atomic E-state index is -1.35. The van der Waals surface area contributed by atoms with Crippen LogP contribution in [0.2, 0.25) is 0 Å². The van der Waals surface area contributed by atoms with E-state index in [0.29, 0.717) is 0 Å². The number of hydrogen-bond donors (Lipinski definition) is 5. The average Bonchev–Trinajstić information content (AvgIpc) is 2.36. The van der Waals surface area contributed by atoms with E-state index in [1.165, 1.54) is 13.8 Å². The van der Waals surface area contributed by atoms with Crippen LogP contribution in [-0.2, 0) is 9.59 Å². The molecule has 0 aromatic heterocycles. The van der Waals surface area contributed by atoms with Gasteiger partial charge in [0, 0.05) is 12.0 Å². The molecule has 23 heavy (non-hydrogen) atoms. The van der Waals surface area contributed by atoms with Crippen molar-refractivity contribution in [2.45, 2.75) is 26.4 Å². The van der Waals surface area contributed by atoms with E-state index in [9.17, 15) is 14.7 Å². The van der Waals surface area contributed by atoms with Crippen LogP contribution < -0.4 is 5.32 Å². The molecule has 0 spiro atoms. The molecule has 1 amide bonds. The van der Waals surface area contributed by atoms with Crippen LogP contribution in [0.3, 0.4) is 0 Å². The topological polar surface area (TPSA) is 127 Å². The van der Waals surface area contributed by atoms with Gasteiger partial charge in [-0.05, 0) is 0 Å². The van der Waals surface area contributed by atoms with Crippen molar-refractivity contribution >= 4 is 49.6 Å². The Bertz CT molecular complexity index is 355. The largest absolute Gasteiger partial charge is 2.00 e. The third-order valence-corrected chi connectivity index (χ3v) is 2.81. The summed E-state index contributed by atoms with van der Waals surface area (Å²) >= 11 is 0. The van der Waals surface area contributed by atoms with E-state index < -0.39 is 23.4 Å². The predicted molar refractivity (Wildman–Crippen MR) is 90.1 cm³/mol. The van der Waals surface area contributed by atoms with Gasteiger partial charge in [0.1, 0.15) is 12.6 Å². The number of quaternary nitrogens is 1. The normalized spacial score (nSPS) is 12.3. The van der Waals surface area contributed by atoms with Crippen LogP contribution >= 0.6 is 0 Å². The molecule has 136 valence electrons. The molecule has 0 aromatic carbocycles. The molecule has 0 saturated heterocycles. The fourth-order valence-corrected chi connectivity index (χ4v) is 1.13. The number of carbonyl (C=O) groups excluding carboxylic acids is 1. The van der Waals surface area contributed by atoms with Gasteiger partial charge in [-0.1, -0.05) is 13.8 Å². The number of aliphatic hydroxyl groups is 3. The van der Waals surface area contributed by atoms with E-state index in [1.54, 1.807) is 0 Å². The summed E-state index contributed by atoms with van der Waals surface area (Å²) in [5.41, 5.74) is -0.937. The SMILES string of the molecule is CC(C)(CO)[C@@H](O)C(=O)NCCC(=O)O.C[N+](C)(C)CCO.[Ca+2].[H-].[H-]. The molecular weight excluding hydrogens is 332 g/mol. The molecule has 0 aliphatic heterocycles. The molecular formula is C14H33CaN2O6+. The summed E-state index contributed by atoms with van der Waals surface area (Å²) in [7, 11) is 6.16. The minimum Gasteiger partial charge on any atom is -1.00 e. The van der Waals surface area contributed by atoms with Crippen molar-refractivity contribution in [2.24, 2.45) is 5.41 Å². The average molecular weight is 366 g/mol. The number of likely N-dealkylation sites (N-methyl/N-ethyl adjacent to an activating group) is 1. The zero-order valence-corrected chi connectivity index (χ0v) is 17.1. The number of rotatable bonds is 8. The maximum atomic E-state index is 11.3. The Labute approximate surface area is 171 Å². The maximum absolute atomic E-state index is 11.3. The van der Waals surface area contributed by atoms with Crippen LogP contribution in [-0.4, -0.2) is 128 Å². The quantitative estimate of drug-likeness (QED) is 0.263. The molecule has 0 aliphatic rings. The molecule has 0 saturated carbocycles. The summed E-state index contributed by atoms with van der Waals surface area (Å²) in [6.45, 7) is 3.82. The summed E-state index contributed by atoms with van der Waals surface area (Å²) in [6.07, 6.45) is -1.55. The van der Waals surface area contributed by atoms with Gasteiger partial charge >= 0.3 is 43.7 Å². The van der Waals surface area contributed by atoms with Crippen LogP contribution in [0, 0.1) is 5.41 Å². The number of carbonyl (C=O) groups is 2. The van der Waals surface area contributed by atoms with Crippen molar-refractivity contribution in [3.8, 4) is 0 Å². The second-order valence-corrected chi connectivity index (χ2v) is 6.72. The summed E-state index contributed by atoms with van der Waals surface area (Å²) in [5.74, 6) is -1.69. The molecule has 0 unspecified atom stereocenters. The van der Waals surface area contributed by atoms with Gasteiger partial charge < -0.3 is 33.1 Å². The van der Waals surface area contributed by atoms with Gasteiger partial charge in [0.15, 0.2) is 0 Å². The fraction of sp³-hybridized carbons (Fsp3) is 0.857. The van der Waals surface area contributed by atoms with Crippen LogP contribution in [0.4, 0.5) is 0 Å². The van der Waals surface area contributed by atoms with E-state index >= 15 is 0 Å². The first-order chi connectivity index (χ1) is 9.87. The van der Waals surface area contributed by atoms with Crippen molar-refractivity contribution in [1.29, 1.82) is 0 Å². The Morgan fingerprint density at radius 3 is 1.96 bits per heavy atom. The zero-order chi connectivity index (χ0) is 18.0.